The minimum atomic E-state index is -0.598. The van der Waals surface area contributed by atoms with Gasteiger partial charge in [0.2, 0.25) is 0 Å². The lowest BCUT2D eigenvalue weighted by Crippen LogP contribution is -2.41. The Morgan fingerprint density at radius 2 is 2.14 bits per heavy atom. The second kappa shape index (κ2) is 8.16. The summed E-state index contributed by atoms with van der Waals surface area (Å²) in [6, 6.07) is 10.1. The number of carbonyl (C=O) groups excluding carboxylic acids is 2. The number of ether oxygens (including phenoxy) is 1. The van der Waals surface area contributed by atoms with E-state index >= 15 is 0 Å². The van der Waals surface area contributed by atoms with Crippen LogP contribution >= 0.6 is 22.9 Å². The van der Waals surface area contributed by atoms with Crippen LogP contribution in [0.4, 0.5) is 0 Å². The highest BCUT2D eigenvalue weighted by Gasteiger charge is 2.36. The number of nitrogens with zero attached hydrogens (tertiary/aromatic N) is 2. The van der Waals surface area contributed by atoms with Crippen LogP contribution in [0.25, 0.3) is 10.6 Å². The van der Waals surface area contributed by atoms with Gasteiger partial charge in [-0.3, -0.25) is 4.79 Å². The van der Waals surface area contributed by atoms with E-state index in [1.54, 1.807) is 12.1 Å². The Kier molecular flexibility index (Phi) is 5.45. The smallest absolute Gasteiger partial charge is 0.329 e. The van der Waals surface area contributed by atoms with E-state index in [0.717, 1.165) is 17.0 Å². The molecular formula is C20H17ClN2O4S. The molecule has 1 amide bonds. The number of carbonyl (C=O) groups is 2. The highest BCUT2D eigenvalue weighted by Crippen LogP contribution is 2.30. The minimum Gasteiger partial charge on any atom is -0.459 e. The molecule has 1 saturated heterocycles. The SMILES string of the molecule is O=C(OCc1csc(-c2ccccc2Cl)n1)[C@@H]1CCCN1C(=O)c1ccco1. The molecule has 1 aromatic carbocycles. The normalized spacial score (nSPS) is 16.3. The van der Waals surface area contributed by atoms with Gasteiger partial charge < -0.3 is 14.1 Å². The third-order valence-corrected chi connectivity index (χ3v) is 5.79. The number of rotatable bonds is 5. The van der Waals surface area contributed by atoms with E-state index in [1.807, 2.05) is 29.6 Å². The molecule has 1 aliphatic rings. The summed E-state index contributed by atoms with van der Waals surface area (Å²) < 4.78 is 10.6. The largest absolute Gasteiger partial charge is 0.459 e. The molecule has 6 nitrogen and oxygen atoms in total. The van der Waals surface area contributed by atoms with Gasteiger partial charge >= 0.3 is 5.97 Å². The number of amides is 1. The van der Waals surface area contributed by atoms with Crippen molar-refractivity contribution in [2.75, 3.05) is 6.54 Å². The van der Waals surface area contributed by atoms with Crippen LogP contribution in [0.5, 0.6) is 0 Å². The standard InChI is InChI=1S/C20H17ClN2O4S/c21-15-6-2-1-5-14(15)18-22-13(12-28-18)11-27-20(25)16-7-3-9-23(16)19(24)17-8-4-10-26-17/h1-2,4-6,8,10,12,16H,3,7,9,11H2/t16-/m0/s1. The molecule has 8 heteroatoms. The van der Waals surface area contributed by atoms with E-state index in [9.17, 15) is 9.59 Å². The van der Waals surface area contributed by atoms with Crippen molar-refractivity contribution in [3.8, 4) is 10.6 Å². The molecule has 2 aromatic heterocycles. The first-order valence-electron chi connectivity index (χ1n) is 8.84. The molecule has 0 radical (unpaired) electrons. The zero-order chi connectivity index (χ0) is 19.5. The number of thiazole rings is 1. The molecule has 1 atom stereocenters. The van der Waals surface area contributed by atoms with Crippen molar-refractivity contribution in [3.63, 3.8) is 0 Å². The first kappa shape index (κ1) is 18.7. The number of benzene rings is 1. The number of hydrogen-bond acceptors (Lipinski definition) is 6. The second-order valence-corrected chi connectivity index (χ2v) is 7.63. The predicted molar refractivity (Wildman–Crippen MR) is 105 cm³/mol. The van der Waals surface area contributed by atoms with Crippen molar-refractivity contribution in [3.05, 3.63) is 64.5 Å². The summed E-state index contributed by atoms with van der Waals surface area (Å²) in [5.74, 6) is -0.493. The van der Waals surface area contributed by atoms with E-state index in [1.165, 1.54) is 22.5 Å². The van der Waals surface area contributed by atoms with Crippen LogP contribution in [0.1, 0.15) is 29.1 Å². The lowest BCUT2D eigenvalue weighted by Gasteiger charge is -2.22. The van der Waals surface area contributed by atoms with Crippen molar-refractivity contribution in [2.24, 2.45) is 0 Å². The molecule has 28 heavy (non-hydrogen) atoms. The highest BCUT2D eigenvalue weighted by atomic mass is 35.5. The summed E-state index contributed by atoms with van der Waals surface area (Å²) in [4.78, 5) is 31.0. The van der Waals surface area contributed by atoms with Crippen molar-refractivity contribution in [1.82, 2.24) is 9.88 Å². The van der Waals surface area contributed by atoms with E-state index in [4.69, 9.17) is 20.8 Å². The molecule has 3 heterocycles. The van der Waals surface area contributed by atoms with Crippen molar-refractivity contribution < 1.29 is 18.7 Å². The fourth-order valence-electron chi connectivity index (χ4n) is 3.17. The number of furan rings is 1. The molecule has 144 valence electrons. The Morgan fingerprint density at radius 1 is 1.29 bits per heavy atom. The van der Waals surface area contributed by atoms with Gasteiger partial charge in [0, 0.05) is 17.5 Å². The van der Waals surface area contributed by atoms with E-state index in [2.05, 4.69) is 4.98 Å². The lowest BCUT2D eigenvalue weighted by molar-refractivity contribution is -0.149. The first-order chi connectivity index (χ1) is 13.6. The summed E-state index contributed by atoms with van der Waals surface area (Å²) in [5.41, 5.74) is 1.49. The summed E-state index contributed by atoms with van der Waals surface area (Å²) in [7, 11) is 0. The van der Waals surface area contributed by atoms with Gasteiger partial charge in [-0.15, -0.1) is 11.3 Å². The van der Waals surface area contributed by atoms with Crippen LogP contribution in [-0.2, 0) is 16.1 Å². The van der Waals surface area contributed by atoms with Crippen LogP contribution in [0.3, 0.4) is 0 Å². The van der Waals surface area contributed by atoms with Crippen LogP contribution in [0.2, 0.25) is 5.02 Å². The van der Waals surface area contributed by atoms with Crippen molar-refractivity contribution >= 4 is 34.8 Å². The molecule has 4 rings (SSSR count). The fraction of sp³-hybridized carbons (Fsp3) is 0.250. The third kappa shape index (κ3) is 3.81. The number of halogens is 1. The molecule has 1 fully saturated rings. The van der Waals surface area contributed by atoms with Crippen LogP contribution < -0.4 is 0 Å². The lowest BCUT2D eigenvalue weighted by atomic mass is 10.2. The fourth-order valence-corrected chi connectivity index (χ4v) is 4.29. The summed E-state index contributed by atoms with van der Waals surface area (Å²) in [5, 5.41) is 3.23. The maximum Gasteiger partial charge on any atom is 0.329 e. The maximum atomic E-state index is 12.5. The average molecular weight is 417 g/mol. The summed E-state index contributed by atoms with van der Waals surface area (Å²) in [6.45, 7) is 0.561. The average Bonchev–Trinajstić information content (AvgIpc) is 3.47. The van der Waals surface area contributed by atoms with Gasteiger partial charge in [0.1, 0.15) is 17.7 Å². The molecule has 0 N–H and O–H groups in total. The minimum absolute atomic E-state index is 0.0546. The Labute approximate surface area is 170 Å². The third-order valence-electron chi connectivity index (χ3n) is 4.54. The quantitative estimate of drug-likeness (QED) is 0.576. The molecule has 0 bridgehead atoms. The zero-order valence-electron chi connectivity index (χ0n) is 14.8. The van der Waals surface area contributed by atoms with E-state index in [0.29, 0.717) is 23.7 Å². The molecule has 3 aromatic rings. The maximum absolute atomic E-state index is 12.5. The van der Waals surface area contributed by atoms with Crippen molar-refractivity contribution in [1.29, 1.82) is 0 Å². The molecule has 0 spiro atoms. The Balaban J connectivity index is 1.39. The van der Waals surface area contributed by atoms with Crippen LogP contribution in [0.15, 0.2) is 52.5 Å². The van der Waals surface area contributed by atoms with Gasteiger partial charge in [-0.25, -0.2) is 9.78 Å². The molecule has 1 aliphatic heterocycles. The number of esters is 1. The number of hydrogen-bond donors (Lipinski definition) is 0. The van der Waals surface area contributed by atoms with Crippen molar-refractivity contribution in [2.45, 2.75) is 25.5 Å². The van der Waals surface area contributed by atoms with Gasteiger partial charge in [-0.2, -0.15) is 0 Å². The number of likely N-dealkylation sites (tertiary alicyclic amines) is 1. The Morgan fingerprint density at radius 3 is 2.93 bits per heavy atom. The van der Waals surface area contributed by atoms with Gasteiger partial charge in [0.05, 0.1) is 17.0 Å². The van der Waals surface area contributed by atoms with Gasteiger partial charge in [-0.05, 0) is 31.0 Å². The molecule has 0 saturated carbocycles. The second-order valence-electron chi connectivity index (χ2n) is 6.37. The molecular weight excluding hydrogens is 400 g/mol. The monoisotopic (exact) mass is 416 g/mol. The topological polar surface area (TPSA) is 72.6 Å². The van der Waals surface area contributed by atoms with E-state index in [-0.39, 0.29) is 18.3 Å². The Hall–Kier alpha value is -2.64. The zero-order valence-corrected chi connectivity index (χ0v) is 16.4. The first-order valence-corrected chi connectivity index (χ1v) is 10.1. The molecule has 0 unspecified atom stereocenters. The van der Waals surface area contributed by atoms with E-state index < -0.39 is 12.0 Å². The summed E-state index contributed by atoms with van der Waals surface area (Å²) >= 11 is 7.65. The van der Waals surface area contributed by atoms with Crippen LogP contribution in [0, 0.1) is 0 Å². The van der Waals surface area contributed by atoms with Crippen LogP contribution in [-0.4, -0.2) is 34.3 Å². The number of aromatic nitrogens is 1. The van der Waals surface area contributed by atoms with Gasteiger partial charge in [0.15, 0.2) is 5.76 Å². The Bertz CT molecular complexity index is 986. The summed E-state index contributed by atoms with van der Waals surface area (Å²) in [6.07, 6.45) is 2.77. The molecule has 0 aliphatic carbocycles. The van der Waals surface area contributed by atoms with Gasteiger partial charge in [0.25, 0.3) is 5.91 Å². The van der Waals surface area contributed by atoms with Gasteiger partial charge in [-0.1, -0.05) is 29.8 Å². The highest BCUT2D eigenvalue weighted by molar-refractivity contribution is 7.13. The predicted octanol–water partition coefficient (Wildman–Crippen LogP) is 4.40.